The average molecular weight is 213 g/mol. The van der Waals surface area contributed by atoms with Crippen LogP contribution in [-0.4, -0.2) is 15.2 Å². The molecule has 0 spiro atoms. The zero-order valence-electron chi connectivity index (χ0n) is 8.90. The Balaban J connectivity index is 2.70. The Morgan fingerprint density at radius 3 is 2.50 bits per heavy atom. The highest BCUT2D eigenvalue weighted by Gasteiger charge is 2.18. The van der Waals surface area contributed by atoms with Gasteiger partial charge < -0.3 is 4.42 Å². The molecule has 0 unspecified atom stereocenters. The molecule has 1 atom stereocenters. The van der Waals surface area contributed by atoms with Crippen LogP contribution in [0, 0.1) is 6.92 Å². The summed E-state index contributed by atoms with van der Waals surface area (Å²) in [6, 6.07) is 3.65. The third-order valence-electron chi connectivity index (χ3n) is 1.56. The summed E-state index contributed by atoms with van der Waals surface area (Å²) in [7, 11) is -1.22. The van der Waals surface area contributed by atoms with Gasteiger partial charge >= 0.3 is 0 Å². The molecule has 1 heterocycles. The first-order chi connectivity index (χ1) is 6.39. The molecule has 0 aliphatic heterocycles. The van der Waals surface area contributed by atoms with Crippen molar-refractivity contribution in [1.29, 1.82) is 0 Å². The molecule has 14 heavy (non-hydrogen) atoms. The fourth-order valence-corrected chi connectivity index (χ4v) is 1.30. The maximum atomic E-state index is 11.5. The highest BCUT2D eigenvalue weighted by molar-refractivity contribution is 7.85. The second-order valence-corrected chi connectivity index (χ2v) is 5.98. The van der Waals surface area contributed by atoms with Crippen LogP contribution in [0.15, 0.2) is 20.9 Å². The van der Waals surface area contributed by atoms with Crippen molar-refractivity contribution in [3.63, 3.8) is 0 Å². The van der Waals surface area contributed by atoms with Gasteiger partial charge in [-0.25, -0.2) is 4.21 Å². The molecule has 0 N–H and O–H groups in total. The van der Waals surface area contributed by atoms with Crippen molar-refractivity contribution in [3.05, 3.63) is 23.7 Å². The highest BCUT2D eigenvalue weighted by Crippen LogP contribution is 2.12. The molecule has 0 radical (unpaired) electrons. The van der Waals surface area contributed by atoms with Gasteiger partial charge in [-0.3, -0.25) is 0 Å². The molecular weight excluding hydrogens is 198 g/mol. The second kappa shape index (κ2) is 4.09. The average Bonchev–Trinajstić information content (AvgIpc) is 2.45. The summed E-state index contributed by atoms with van der Waals surface area (Å²) >= 11 is 0. The Morgan fingerprint density at radius 2 is 2.07 bits per heavy atom. The van der Waals surface area contributed by atoms with Gasteiger partial charge in [0, 0.05) is 0 Å². The quantitative estimate of drug-likeness (QED) is 0.708. The number of aryl methyl sites for hydroxylation is 1. The van der Waals surface area contributed by atoms with E-state index in [0.717, 1.165) is 5.76 Å². The van der Waals surface area contributed by atoms with Gasteiger partial charge in [-0.05, 0) is 39.8 Å². The van der Waals surface area contributed by atoms with Crippen LogP contribution in [0.3, 0.4) is 0 Å². The Morgan fingerprint density at radius 1 is 1.43 bits per heavy atom. The number of nitrogens with zero attached hydrogens (tertiary/aromatic N) is 1. The van der Waals surface area contributed by atoms with Crippen LogP contribution >= 0.6 is 0 Å². The highest BCUT2D eigenvalue weighted by atomic mass is 32.2. The van der Waals surface area contributed by atoms with Crippen molar-refractivity contribution in [2.45, 2.75) is 32.4 Å². The minimum absolute atomic E-state index is 0.321. The molecule has 0 aliphatic rings. The normalized spacial score (nSPS) is 14.9. The van der Waals surface area contributed by atoms with E-state index in [2.05, 4.69) is 4.40 Å². The summed E-state index contributed by atoms with van der Waals surface area (Å²) in [6.45, 7) is 7.51. The fourth-order valence-electron chi connectivity index (χ4n) is 0.781. The molecule has 0 bridgehead atoms. The zero-order chi connectivity index (χ0) is 10.8. The first kappa shape index (κ1) is 11.2. The van der Waals surface area contributed by atoms with Crippen molar-refractivity contribution in [2.75, 3.05) is 0 Å². The number of hydrogen-bond donors (Lipinski definition) is 0. The van der Waals surface area contributed by atoms with Crippen LogP contribution in [0.25, 0.3) is 0 Å². The minimum atomic E-state index is -1.22. The Labute approximate surface area is 86.8 Å². The first-order valence-corrected chi connectivity index (χ1v) is 5.53. The van der Waals surface area contributed by atoms with Crippen molar-refractivity contribution >= 4 is 17.2 Å². The molecule has 1 rings (SSSR count). The molecule has 1 aromatic rings. The molecular formula is C10H15NO2S. The summed E-state index contributed by atoms with van der Waals surface area (Å²) in [5, 5.41) is 0. The maximum Gasteiger partial charge on any atom is 0.146 e. The largest absolute Gasteiger partial charge is 0.460 e. The van der Waals surface area contributed by atoms with E-state index in [1.54, 1.807) is 6.07 Å². The fraction of sp³-hybridized carbons (Fsp3) is 0.500. The van der Waals surface area contributed by atoms with E-state index in [4.69, 9.17) is 4.42 Å². The van der Waals surface area contributed by atoms with Gasteiger partial charge in [-0.1, -0.05) is 0 Å². The molecule has 78 valence electrons. The van der Waals surface area contributed by atoms with Gasteiger partial charge in [0.25, 0.3) is 0 Å². The Hall–Kier alpha value is -0.900. The van der Waals surface area contributed by atoms with E-state index in [0.29, 0.717) is 5.76 Å². The standard InChI is InChI=1S/C10H15NO2S/c1-8-5-6-9(13-8)7-11-14(12)10(2,3)4/h5-7H,1-4H3/b11-7+/t14-/m0/s1. The van der Waals surface area contributed by atoms with Crippen LogP contribution in [-0.2, 0) is 11.0 Å². The summed E-state index contributed by atoms with van der Waals surface area (Å²) in [5.74, 6) is 1.47. The van der Waals surface area contributed by atoms with Crippen LogP contribution in [0.2, 0.25) is 0 Å². The number of furan rings is 1. The SMILES string of the molecule is Cc1ccc(/C=N/[S@@](=O)C(C)(C)C)o1. The lowest BCUT2D eigenvalue weighted by Gasteiger charge is -2.12. The third-order valence-corrected chi connectivity index (χ3v) is 2.91. The molecule has 3 nitrogen and oxygen atoms in total. The molecule has 0 saturated carbocycles. The summed E-state index contributed by atoms with van der Waals surface area (Å²) in [6.07, 6.45) is 1.51. The monoisotopic (exact) mass is 213 g/mol. The number of rotatable bonds is 2. The van der Waals surface area contributed by atoms with Gasteiger partial charge in [-0.2, -0.15) is 4.40 Å². The Bertz CT molecular complexity index is 360. The van der Waals surface area contributed by atoms with Crippen LogP contribution < -0.4 is 0 Å². The van der Waals surface area contributed by atoms with Crippen LogP contribution in [0.5, 0.6) is 0 Å². The second-order valence-electron chi connectivity index (χ2n) is 4.04. The predicted molar refractivity (Wildman–Crippen MR) is 58.9 cm³/mol. The molecule has 0 fully saturated rings. The van der Waals surface area contributed by atoms with E-state index in [-0.39, 0.29) is 4.75 Å². The number of hydrogen-bond acceptors (Lipinski definition) is 2. The van der Waals surface area contributed by atoms with E-state index in [9.17, 15) is 4.21 Å². The lowest BCUT2D eigenvalue weighted by molar-refractivity contribution is 0.528. The molecule has 0 aromatic carbocycles. The van der Waals surface area contributed by atoms with Crippen molar-refractivity contribution in [3.8, 4) is 0 Å². The predicted octanol–water partition coefficient (Wildman–Crippen LogP) is 2.47. The van der Waals surface area contributed by atoms with E-state index in [1.165, 1.54) is 6.21 Å². The lowest BCUT2D eigenvalue weighted by Crippen LogP contribution is -2.19. The van der Waals surface area contributed by atoms with E-state index in [1.807, 2.05) is 33.8 Å². The molecule has 0 aliphatic carbocycles. The van der Waals surface area contributed by atoms with Crippen LogP contribution in [0.4, 0.5) is 0 Å². The van der Waals surface area contributed by atoms with Crippen molar-refractivity contribution in [2.24, 2.45) is 4.40 Å². The molecule has 0 saturated heterocycles. The van der Waals surface area contributed by atoms with Gasteiger partial charge in [0.1, 0.15) is 22.5 Å². The first-order valence-electron chi connectivity index (χ1n) is 4.42. The molecule has 1 aromatic heterocycles. The van der Waals surface area contributed by atoms with Crippen LogP contribution in [0.1, 0.15) is 32.3 Å². The molecule has 4 heteroatoms. The van der Waals surface area contributed by atoms with Crippen molar-refractivity contribution in [1.82, 2.24) is 0 Å². The zero-order valence-corrected chi connectivity index (χ0v) is 9.72. The van der Waals surface area contributed by atoms with Gasteiger partial charge in [-0.15, -0.1) is 0 Å². The topological polar surface area (TPSA) is 42.6 Å². The summed E-state index contributed by atoms with van der Waals surface area (Å²) in [5.41, 5.74) is 0. The van der Waals surface area contributed by atoms with Gasteiger partial charge in [0.2, 0.25) is 0 Å². The van der Waals surface area contributed by atoms with Gasteiger partial charge in [0.05, 0.1) is 11.0 Å². The van der Waals surface area contributed by atoms with Crippen molar-refractivity contribution < 1.29 is 8.63 Å². The summed E-state index contributed by atoms with van der Waals surface area (Å²) < 4.78 is 20.4. The summed E-state index contributed by atoms with van der Waals surface area (Å²) in [4.78, 5) is 0. The maximum absolute atomic E-state index is 11.5. The lowest BCUT2D eigenvalue weighted by atomic mass is 10.3. The van der Waals surface area contributed by atoms with E-state index < -0.39 is 11.0 Å². The smallest absolute Gasteiger partial charge is 0.146 e. The Kier molecular flexibility index (Phi) is 3.26. The van der Waals surface area contributed by atoms with Gasteiger partial charge in [0.15, 0.2) is 0 Å². The third kappa shape index (κ3) is 3.10. The minimum Gasteiger partial charge on any atom is -0.460 e. The molecule has 0 amide bonds. The van der Waals surface area contributed by atoms with E-state index >= 15 is 0 Å².